The Balaban J connectivity index is 3.02. The Morgan fingerprint density at radius 2 is 1.56 bits per heavy atom. The number of hydrogen-bond donors (Lipinski definition) is 1. The zero-order chi connectivity index (χ0) is 12.1. The molecule has 2 N–H and O–H groups in total. The van der Waals surface area contributed by atoms with E-state index < -0.39 is 0 Å². The lowest BCUT2D eigenvalue weighted by molar-refractivity contribution is 0.0208. The van der Waals surface area contributed by atoms with Crippen molar-refractivity contribution < 1.29 is 14.2 Å². The molecule has 0 spiro atoms. The van der Waals surface area contributed by atoms with Crippen LogP contribution in [0.3, 0.4) is 0 Å². The fraction of sp³-hybridized carbons (Fsp3) is 1.00. The molecule has 0 aliphatic heterocycles. The second-order valence-corrected chi connectivity index (χ2v) is 3.66. The Morgan fingerprint density at radius 1 is 0.938 bits per heavy atom. The molecule has 98 valence electrons. The van der Waals surface area contributed by atoms with Gasteiger partial charge in [0.25, 0.3) is 0 Å². The van der Waals surface area contributed by atoms with Gasteiger partial charge in [0.15, 0.2) is 0 Å². The van der Waals surface area contributed by atoms with Crippen LogP contribution in [-0.2, 0) is 14.2 Å². The minimum absolute atomic E-state index is 0.635. The van der Waals surface area contributed by atoms with Crippen molar-refractivity contribution in [3.63, 3.8) is 0 Å². The summed E-state index contributed by atoms with van der Waals surface area (Å²) in [7, 11) is 3.74. The van der Waals surface area contributed by atoms with Crippen LogP contribution in [0.25, 0.3) is 0 Å². The molecule has 16 heavy (non-hydrogen) atoms. The second kappa shape index (κ2) is 12.9. The summed E-state index contributed by atoms with van der Waals surface area (Å²) in [5.41, 5.74) is 5.43. The number of nitrogens with zero attached hydrogens (tertiary/aromatic N) is 1. The van der Waals surface area contributed by atoms with Gasteiger partial charge in [0.2, 0.25) is 0 Å². The Bertz CT molecular complexity index is 136. The van der Waals surface area contributed by atoms with Gasteiger partial charge in [0, 0.05) is 13.7 Å². The number of hydrogen-bond acceptors (Lipinski definition) is 5. The van der Waals surface area contributed by atoms with Gasteiger partial charge in [-0.15, -0.1) is 0 Å². The molecule has 0 saturated heterocycles. The third-order valence-corrected chi connectivity index (χ3v) is 2.17. The summed E-state index contributed by atoms with van der Waals surface area (Å²) >= 11 is 0. The SMILES string of the molecule is COCCOCCOCCN(C)CCCN. The van der Waals surface area contributed by atoms with E-state index in [0.717, 1.165) is 32.7 Å². The molecule has 0 fully saturated rings. The normalized spacial score (nSPS) is 11.2. The van der Waals surface area contributed by atoms with Crippen molar-refractivity contribution >= 4 is 0 Å². The predicted octanol–water partition coefficient (Wildman–Crippen LogP) is -0.0534. The van der Waals surface area contributed by atoms with E-state index in [-0.39, 0.29) is 0 Å². The number of ether oxygens (including phenoxy) is 3. The molecule has 0 aromatic carbocycles. The Kier molecular flexibility index (Phi) is 12.7. The van der Waals surface area contributed by atoms with E-state index in [1.807, 2.05) is 0 Å². The van der Waals surface area contributed by atoms with E-state index in [4.69, 9.17) is 19.9 Å². The van der Waals surface area contributed by atoms with Crippen molar-refractivity contribution in [2.45, 2.75) is 6.42 Å². The van der Waals surface area contributed by atoms with Crippen molar-refractivity contribution in [3.05, 3.63) is 0 Å². The molecule has 0 aliphatic carbocycles. The number of nitrogens with two attached hydrogens (primary N) is 1. The molecule has 0 aromatic heterocycles. The number of rotatable bonds is 12. The lowest BCUT2D eigenvalue weighted by atomic mass is 10.4. The van der Waals surface area contributed by atoms with Crippen molar-refractivity contribution in [1.29, 1.82) is 0 Å². The van der Waals surface area contributed by atoms with Gasteiger partial charge in [0.05, 0.1) is 33.0 Å². The summed E-state index contributed by atoms with van der Waals surface area (Å²) < 4.78 is 15.5. The van der Waals surface area contributed by atoms with Crippen LogP contribution in [-0.4, -0.2) is 71.7 Å². The van der Waals surface area contributed by atoms with Crippen LogP contribution in [0.5, 0.6) is 0 Å². The standard InChI is InChI=1S/C11H26N2O3/c1-13(5-3-4-12)6-7-15-10-11-16-9-8-14-2/h3-12H2,1-2H3. The van der Waals surface area contributed by atoms with Crippen molar-refractivity contribution in [2.75, 3.05) is 66.8 Å². The van der Waals surface area contributed by atoms with Crippen molar-refractivity contribution in [3.8, 4) is 0 Å². The molecule has 0 aromatic rings. The monoisotopic (exact) mass is 234 g/mol. The Morgan fingerprint density at radius 3 is 2.19 bits per heavy atom. The van der Waals surface area contributed by atoms with Gasteiger partial charge < -0.3 is 24.8 Å². The zero-order valence-corrected chi connectivity index (χ0v) is 10.6. The van der Waals surface area contributed by atoms with Gasteiger partial charge in [-0.05, 0) is 26.6 Å². The molecule has 0 bridgehead atoms. The van der Waals surface area contributed by atoms with Crippen LogP contribution in [0, 0.1) is 0 Å². The molecule has 0 atom stereocenters. The Labute approximate surface area is 98.8 Å². The summed E-state index contributed by atoms with van der Waals surface area (Å²) in [6.45, 7) is 6.03. The fourth-order valence-corrected chi connectivity index (χ4v) is 1.16. The first kappa shape index (κ1) is 15.8. The fourth-order valence-electron chi connectivity index (χ4n) is 1.16. The third-order valence-electron chi connectivity index (χ3n) is 2.17. The molecule has 0 radical (unpaired) electrons. The summed E-state index contributed by atoms with van der Waals surface area (Å²) in [5.74, 6) is 0. The highest BCUT2D eigenvalue weighted by molar-refractivity contribution is 4.50. The molecular formula is C11H26N2O3. The molecule has 0 rings (SSSR count). The topological polar surface area (TPSA) is 57.0 Å². The van der Waals surface area contributed by atoms with Crippen molar-refractivity contribution in [1.82, 2.24) is 4.90 Å². The molecular weight excluding hydrogens is 208 g/mol. The second-order valence-electron chi connectivity index (χ2n) is 3.66. The smallest absolute Gasteiger partial charge is 0.0701 e. The van der Waals surface area contributed by atoms with Gasteiger partial charge in [-0.1, -0.05) is 0 Å². The van der Waals surface area contributed by atoms with Crippen LogP contribution >= 0.6 is 0 Å². The largest absolute Gasteiger partial charge is 0.382 e. The van der Waals surface area contributed by atoms with Crippen LogP contribution in [0.1, 0.15) is 6.42 Å². The lowest BCUT2D eigenvalue weighted by Gasteiger charge is -2.15. The van der Waals surface area contributed by atoms with E-state index >= 15 is 0 Å². The third kappa shape index (κ3) is 11.9. The first-order valence-electron chi connectivity index (χ1n) is 5.84. The summed E-state index contributed by atoms with van der Waals surface area (Å²) in [6, 6.07) is 0. The van der Waals surface area contributed by atoms with Crippen LogP contribution in [0.15, 0.2) is 0 Å². The maximum absolute atomic E-state index is 5.43. The first-order valence-corrected chi connectivity index (χ1v) is 5.84. The highest BCUT2D eigenvalue weighted by atomic mass is 16.5. The van der Waals surface area contributed by atoms with E-state index in [9.17, 15) is 0 Å². The van der Waals surface area contributed by atoms with E-state index in [1.165, 1.54) is 0 Å². The van der Waals surface area contributed by atoms with Gasteiger partial charge in [-0.2, -0.15) is 0 Å². The maximum Gasteiger partial charge on any atom is 0.0701 e. The van der Waals surface area contributed by atoms with Gasteiger partial charge in [-0.25, -0.2) is 0 Å². The van der Waals surface area contributed by atoms with Crippen LogP contribution in [0.4, 0.5) is 0 Å². The van der Waals surface area contributed by atoms with Gasteiger partial charge >= 0.3 is 0 Å². The first-order chi connectivity index (χ1) is 7.81. The van der Waals surface area contributed by atoms with E-state index in [1.54, 1.807) is 7.11 Å². The molecule has 0 heterocycles. The molecule has 0 aliphatic rings. The molecule has 0 saturated carbocycles. The number of methoxy groups -OCH3 is 1. The molecule has 5 heteroatoms. The van der Waals surface area contributed by atoms with E-state index in [0.29, 0.717) is 26.4 Å². The minimum atomic E-state index is 0.635. The molecule has 0 unspecified atom stereocenters. The minimum Gasteiger partial charge on any atom is -0.382 e. The van der Waals surface area contributed by atoms with Crippen LogP contribution in [0.2, 0.25) is 0 Å². The van der Waals surface area contributed by atoms with E-state index in [2.05, 4.69) is 11.9 Å². The van der Waals surface area contributed by atoms with Gasteiger partial charge in [-0.3, -0.25) is 0 Å². The molecule has 5 nitrogen and oxygen atoms in total. The lowest BCUT2D eigenvalue weighted by Crippen LogP contribution is -2.26. The van der Waals surface area contributed by atoms with Crippen LogP contribution < -0.4 is 5.73 Å². The van der Waals surface area contributed by atoms with Crippen molar-refractivity contribution in [2.24, 2.45) is 5.73 Å². The highest BCUT2D eigenvalue weighted by Crippen LogP contribution is 1.87. The number of likely N-dealkylation sites (N-methyl/N-ethyl adjacent to an activating group) is 1. The maximum atomic E-state index is 5.43. The highest BCUT2D eigenvalue weighted by Gasteiger charge is 1.97. The molecule has 0 amide bonds. The predicted molar refractivity (Wildman–Crippen MR) is 64.7 cm³/mol. The summed E-state index contributed by atoms with van der Waals surface area (Å²) in [6.07, 6.45) is 1.04. The van der Waals surface area contributed by atoms with Gasteiger partial charge in [0.1, 0.15) is 0 Å². The summed E-state index contributed by atoms with van der Waals surface area (Å²) in [4.78, 5) is 2.22. The average molecular weight is 234 g/mol. The Hall–Kier alpha value is -0.200. The summed E-state index contributed by atoms with van der Waals surface area (Å²) in [5, 5.41) is 0. The quantitative estimate of drug-likeness (QED) is 0.480. The zero-order valence-electron chi connectivity index (χ0n) is 10.6. The average Bonchev–Trinajstić information content (AvgIpc) is 2.30.